The molecule has 0 spiro atoms. The zero-order chi connectivity index (χ0) is 19.6. The van der Waals surface area contributed by atoms with Crippen LogP contribution in [0.25, 0.3) is 17.1 Å². The third kappa shape index (κ3) is 3.54. The van der Waals surface area contributed by atoms with Gasteiger partial charge < -0.3 is 9.47 Å². The van der Waals surface area contributed by atoms with Gasteiger partial charge in [-0.2, -0.15) is 0 Å². The molecule has 4 aromatic rings. The van der Waals surface area contributed by atoms with Crippen LogP contribution < -0.4 is 9.47 Å². The first-order valence-electron chi connectivity index (χ1n) is 8.91. The molecule has 3 heterocycles. The lowest BCUT2D eigenvalue weighted by Gasteiger charge is -2.11. The highest BCUT2D eigenvalue weighted by molar-refractivity contribution is 7.98. The molecule has 144 valence electrons. The van der Waals surface area contributed by atoms with Crippen molar-refractivity contribution in [2.24, 2.45) is 0 Å². The fourth-order valence-electron chi connectivity index (χ4n) is 3.07. The van der Waals surface area contributed by atoms with Gasteiger partial charge in [0, 0.05) is 40.5 Å². The first kappa shape index (κ1) is 18.0. The summed E-state index contributed by atoms with van der Waals surface area (Å²) in [6, 6.07) is 17.6. The van der Waals surface area contributed by atoms with Crippen LogP contribution in [-0.4, -0.2) is 26.5 Å². The number of ether oxygens (including phenoxy) is 2. The first-order chi connectivity index (χ1) is 14.3. The molecule has 0 fully saturated rings. The van der Waals surface area contributed by atoms with Gasteiger partial charge in [0.1, 0.15) is 0 Å². The van der Waals surface area contributed by atoms with Gasteiger partial charge in [0.2, 0.25) is 6.79 Å². The summed E-state index contributed by atoms with van der Waals surface area (Å²) in [5, 5.41) is 10.3. The standard InChI is InChI=1S/C21H15ClN4O2S/c22-17-11-19-18(27-13-28-19)10-15(17)12-29-21-25-24-20(14-6-8-23-9-7-14)26(21)16-4-2-1-3-5-16/h1-11H,12-13H2. The van der Waals surface area contributed by atoms with E-state index >= 15 is 0 Å². The van der Waals surface area contributed by atoms with E-state index in [-0.39, 0.29) is 6.79 Å². The summed E-state index contributed by atoms with van der Waals surface area (Å²) < 4.78 is 12.9. The van der Waals surface area contributed by atoms with E-state index in [1.54, 1.807) is 30.2 Å². The number of fused-ring (bicyclic) bond motifs is 1. The number of rotatable bonds is 5. The Kier molecular flexibility index (Phi) is 4.83. The molecule has 0 radical (unpaired) electrons. The topological polar surface area (TPSA) is 62.1 Å². The van der Waals surface area contributed by atoms with Crippen molar-refractivity contribution in [1.82, 2.24) is 19.7 Å². The van der Waals surface area contributed by atoms with Crippen LogP contribution in [0.2, 0.25) is 5.02 Å². The van der Waals surface area contributed by atoms with Crippen LogP contribution in [0.3, 0.4) is 0 Å². The maximum Gasteiger partial charge on any atom is 0.231 e. The Morgan fingerprint density at radius 2 is 1.72 bits per heavy atom. The molecule has 2 aromatic heterocycles. The average Bonchev–Trinajstić information content (AvgIpc) is 3.39. The van der Waals surface area contributed by atoms with E-state index in [0.29, 0.717) is 22.3 Å². The van der Waals surface area contributed by atoms with Crippen molar-refractivity contribution in [3.63, 3.8) is 0 Å². The van der Waals surface area contributed by atoms with Crippen LogP contribution in [0.15, 0.2) is 72.1 Å². The number of aromatic nitrogens is 4. The Labute approximate surface area is 176 Å². The molecule has 0 aliphatic carbocycles. The van der Waals surface area contributed by atoms with E-state index in [0.717, 1.165) is 27.8 Å². The van der Waals surface area contributed by atoms with Gasteiger partial charge in [0.05, 0.1) is 0 Å². The number of hydrogen-bond donors (Lipinski definition) is 0. The van der Waals surface area contributed by atoms with Crippen LogP contribution in [-0.2, 0) is 5.75 Å². The summed E-state index contributed by atoms with van der Waals surface area (Å²) in [4.78, 5) is 4.09. The number of nitrogens with zero attached hydrogens (tertiary/aromatic N) is 4. The second-order valence-corrected chi connectivity index (χ2v) is 7.65. The number of para-hydroxylation sites is 1. The Morgan fingerprint density at radius 1 is 0.966 bits per heavy atom. The van der Waals surface area contributed by atoms with Crippen LogP contribution in [0.4, 0.5) is 0 Å². The maximum absolute atomic E-state index is 6.43. The zero-order valence-electron chi connectivity index (χ0n) is 15.2. The molecular weight excluding hydrogens is 408 g/mol. The number of pyridine rings is 1. The highest BCUT2D eigenvalue weighted by Crippen LogP contribution is 2.39. The van der Waals surface area contributed by atoms with Crippen molar-refractivity contribution in [3.05, 3.63) is 77.6 Å². The molecule has 0 saturated heterocycles. The van der Waals surface area contributed by atoms with Crippen molar-refractivity contribution in [2.45, 2.75) is 10.9 Å². The minimum absolute atomic E-state index is 0.222. The van der Waals surface area contributed by atoms with E-state index in [9.17, 15) is 0 Å². The summed E-state index contributed by atoms with van der Waals surface area (Å²) in [6.07, 6.45) is 3.50. The van der Waals surface area contributed by atoms with Gasteiger partial charge in [-0.25, -0.2) is 0 Å². The fourth-order valence-corrected chi connectivity index (χ4v) is 4.32. The lowest BCUT2D eigenvalue weighted by Crippen LogP contribution is -1.99. The summed E-state index contributed by atoms with van der Waals surface area (Å²) in [6.45, 7) is 0.222. The first-order valence-corrected chi connectivity index (χ1v) is 10.3. The van der Waals surface area contributed by atoms with Crippen molar-refractivity contribution in [1.29, 1.82) is 0 Å². The van der Waals surface area contributed by atoms with Crippen LogP contribution in [0.1, 0.15) is 5.56 Å². The highest BCUT2D eigenvalue weighted by Gasteiger charge is 2.19. The van der Waals surface area contributed by atoms with Gasteiger partial charge in [-0.15, -0.1) is 10.2 Å². The van der Waals surface area contributed by atoms with E-state index in [1.807, 2.05) is 53.1 Å². The smallest absolute Gasteiger partial charge is 0.231 e. The summed E-state index contributed by atoms with van der Waals surface area (Å²) in [5.74, 6) is 2.78. The lowest BCUT2D eigenvalue weighted by atomic mass is 10.2. The summed E-state index contributed by atoms with van der Waals surface area (Å²) in [5.41, 5.74) is 2.89. The van der Waals surface area contributed by atoms with Gasteiger partial charge in [-0.3, -0.25) is 9.55 Å². The molecule has 29 heavy (non-hydrogen) atoms. The van der Waals surface area contributed by atoms with Crippen LogP contribution in [0.5, 0.6) is 11.5 Å². The molecule has 1 aliphatic rings. The van der Waals surface area contributed by atoms with Crippen molar-refractivity contribution in [2.75, 3.05) is 6.79 Å². The second-order valence-electron chi connectivity index (χ2n) is 6.30. The summed E-state index contributed by atoms with van der Waals surface area (Å²) in [7, 11) is 0. The molecule has 0 N–H and O–H groups in total. The third-order valence-electron chi connectivity index (χ3n) is 4.48. The van der Waals surface area contributed by atoms with Gasteiger partial charge in [-0.1, -0.05) is 41.6 Å². The Bertz CT molecular complexity index is 1150. The molecule has 6 nitrogen and oxygen atoms in total. The molecule has 0 bridgehead atoms. The summed E-state index contributed by atoms with van der Waals surface area (Å²) >= 11 is 8.00. The molecule has 0 amide bonds. The molecule has 1 aliphatic heterocycles. The maximum atomic E-state index is 6.43. The predicted octanol–water partition coefficient (Wildman–Crippen LogP) is 5.00. The number of thioether (sulfide) groups is 1. The molecule has 2 aromatic carbocycles. The number of hydrogen-bond acceptors (Lipinski definition) is 6. The van der Waals surface area contributed by atoms with Gasteiger partial charge >= 0.3 is 0 Å². The molecule has 0 unspecified atom stereocenters. The minimum atomic E-state index is 0.222. The molecule has 0 atom stereocenters. The van der Waals surface area contributed by atoms with Crippen molar-refractivity contribution < 1.29 is 9.47 Å². The highest BCUT2D eigenvalue weighted by atomic mass is 35.5. The van der Waals surface area contributed by atoms with Gasteiger partial charge in [0.15, 0.2) is 22.5 Å². The van der Waals surface area contributed by atoms with Crippen molar-refractivity contribution in [3.8, 4) is 28.6 Å². The Morgan fingerprint density at radius 3 is 2.52 bits per heavy atom. The second kappa shape index (κ2) is 7.77. The fraction of sp³-hybridized carbons (Fsp3) is 0.0952. The Balaban J connectivity index is 1.50. The van der Waals surface area contributed by atoms with Gasteiger partial charge in [0.25, 0.3) is 0 Å². The minimum Gasteiger partial charge on any atom is -0.454 e. The number of halogens is 1. The normalized spacial score (nSPS) is 12.3. The van der Waals surface area contributed by atoms with Crippen LogP contribution in [0, 0.1) is 0 Å². The largest absolute Gasteiger partial charge is 0.454 e. The average molecular weight is 423 g/mol. The Hall–Kier alpha value is -3.03. The molecule has 8 heteroatoms. The quantitative estimate of drug-likeness (QED) is 0.421. The SMILES string of the molecule is Clc1cc2c(cc1CSc1nnc(-c3ccncc3)n1-c1ccccc1)OCO2. The molecule has 0 saturated carbocycles. The zero-order valence-corrected chi connectivity index (χ0v) is 16.7. The predicted molar refractivity (Wildman–Crippen MR) is 112 cm³/mol. The van der Waals surface area contributed by atoms with Crippen molar-refractivity contribution >= 4 is 23.4 Å². The van der Waals surface area contributed by atoms with E-state index < -0.39 is 0 Å². The number of benzene rings is 2. The van der Waals surface area contributed by atoms with Gasteiger partial charge in [-0.05, 0) is 35.9 Å². The monoisotopic (exact) mass is 422 g/mol. The third-order valence-corrected chi connectivity index (χ3v) is 5.81. The molecule has 5 rings (SSSR count). The van der Waals surface area contributed by atoms with E-state index in [4.69, 9.17) is 21.1 Å². The molecular formula is C21H15ClN4O2S. The van der Waals surface area contributed by atoms with E-state index in [2.05, 4.69) is 15.2 Å². The van der Waals surface area contributed by atoms with Crippen LogP contribution >= 0.6 is 23.4 Å². The van der Waals surface area contributed by atoms with E-state index in [1.165, 1.54) is 0 Å². The lowest BCUT2D eigenvalue weighted by molar-refractivity contribution is 0.174.